The standard InChI is InChI=1S/C14H19NO.C14H17NO.C12H17N.C12H15N/c2*1-10-9-14(3,4)15(11(2)16)13-8-6-5-7-12(10)13;2*1-9-8-12(2,3)13-11-7-5-4-6-10(9)11/h5-8,10H,9H2,1-4H3;5-9H,1-4H3;4-7,9,13H,8H2,1-3H3;4-8,13H,1-3H3. The zero-order valence-corrected chi connectivity index (χ0v) is 37.7. The second-order valence-corrected chi connectivity index (χ2v) is 19.1. The third kappa shape index (κ3) is 9.94. The number of fused-ring (bicyclic) bond motifs is 4. The maximum absolute atomic E-state index is 11.8. The van der Waals surface area contributed by atoms with Crippen LogP contribution in [-0.4, -0.2) is 34.0 Å². The van der Waals surface area contributed by atoms with Gasteiger partial charge in [0.15, 0.2) is 0 Å². The Morgan fingerprint density at radius 1 is 0.552 bits per heavy atom. The lowest BCUT2D eigenvalue weighted by Crippen LogP contribution is -2.50. The summed E-state index contributed by atoms with van der Waals surface area (Å²) in [6, 6.07) is 33.3. The number of para-hydroxylation sites is 4. The fourth-order valence-corrected chi connectivity index (χ4v) is 9.81. The lowest BCUT2D eigenvalue weighted by Gasteiger charge is -2.45. The van der Waals surface area contributed by atoms with Crippen LogP contribution in [0, 0.1) is 0 Å². The normalized spacial score (nSPS) is 20.9. The fourth-order valence-electron chi connectivity index (χ4n) is 9.81. The molecule has 2 N–H and O–H groups in total. The topological polar surface area (TPSA) is 64.7 Å². The van der Waals surface area contributed by atoms with Crippen molar-refractivity contribution >= 4 is 45.7 Å². The maximum Gasteiger partial charge on any atom is 0.224 e. The van der Waals surface area contributed by atoms with Crippen molar-refractivity contribution in [2.24, 2.45) is 0 Å². The summed E-state index contributed by atoms with van der Waals surface area (Å²) in [6.07, 6.45) is 6.65. The van der Waals surface area contributed by atoms with Crippen LogP contribution < -0.4 is 20.4 Å². The molecule has 0 saturated carbocycles. The summed E-state index contributed by atoms with van der Waals surface area (Å²) < 4.78 is 0. The van der Waals surface area contributed by atoms with Gasteiger partial charge in [0.05, 0.1) is 16.8 Å². The summed E-state index contributed by atoms with van der Waals surface area (Å²) in [5.74, 6) is 1.40. The number of anilines is 4. The van der Waals surface area contributed by atoms with Crippen molar-refractivity contribution in [3.8, 4) is 0 Å². The Labute approximate surface area is 349 Å². The highest BCUT2D eigenvalue weighted by Gasteiger charge is 2.38. The lowest BCUT2D eigenvalue weighted by molar-refractivity contribution is -0.118. The number of nitrogens with one attached hydrogen (secondary N) is 2. The summed E-state index contributed by atoms with van der Waals surface area (Å²) in [6.45, 7) is 29.4. The number of amides is 2. The van der Waals surface area contributed by atoms with Gasteiger partial charge in [-0.25, -0.2) is 0 Å². The molecule has 58 heavy (non-hydrogen) atoms. The van der Waals surface area contributed by atoms with Crippen molar-refractivity contribution in [2.75, 3.05) is 20.4 Å². The van der Waals surface area contributed by atoms with Crippen LogP contribution in [0.5, 0.6) is 0 Å². The predicted octanol–water partition coefficient (Wildman–Crippen LogP) is 13.2. The molecular formula is C52H68N4O2. The van der Waals surface area contributed by atoms with E-state index in [2.05, 4.69) is 167 Å². The highest BCUT2D eigenvalue weighted by molar-refractivity contribution is 5.99. The number of hydrogen-bond donors (Lipinski definition) is 2. The molecule has 4 heterocycles. The molecule has 308 valence electrons. The molecule has 4 aliphatic heterocycles. The first-order valence-corrected chi connectivity index (χ1v) is 21.0. The first-order chi connectivity index (χ1) is 27.0. The van der Waals surface area contributed by atoms with Crippen LogP contribution in [0.3, 0.4) is 0 Å². The van der Waals surface area contributed by atoms with Crippen molar-refractivity contribution in [2.45, 2.75) is 144 Å². The van der Waals surface area contributed by atoms with Gasteiger partial charge in [0.1, 0.15) is 0 Å². The third-order valence-electron chi connectivity index (χ3n) is 11.6. The van der Waals surface area contributed by atoms with E-state index in [-0.39, 0.29) is 34.0 Å². The molecule has 0 bridgehead atoms. The molecule has 0 spiro atoms. The van der Waals surface area contributed by atoms with E-state index in [4.69, 9.17) is 0 Å². The van der Waals surface area contributed by atoms with Gasteiger partial charge < -0.3 is 20.4 Å². The summed E-state index contributed by atoms with van der Waals surface area (Å²) in [5, 5.41) is 7.06. The number of rotatable bonds is 0. The van der Waals surface area contributed by atoms with Gasteiger partial charge in [0.2, 0.25) is 11.8 Å². The van der Waals surface area contributed by atoms with E-state index >= 15 is 0 Å². The van der Waals surface area contributed by atoms with Gasteiger partial charge in [0, 0.05) is 53.1 Å². The molecule has 4 aromatic rings. The second kappa shape index (κ2) is 17.0. The smallest absolute Gasteiger partial charge is 0.224 e. The molecule has 2 unspecified atom stereocenters. The van der Waals surface area contributed by atoms with Crippen LogP contribution in [0.4, 0.5) is 22.7 Å². The number of nitrogens with zero attached hydrogens (tertiary/aromatic N) is 2. The molecule has 0 aromatic heterocycles. The molecule has 2 amide bonds. The minimum absolute atomic E-state index is 0.0818. The molecule has 4 aromatic carbocycles. The van der Waals surface area contributed by atoms with E-state index < -0.39 is 0 Å². The summed E-state index contributed by atoms with van der Waals surface area (Å²) >= 11 is 0. The van der Waals surface area contributed by atoms with Crippen molar-refractivity contribution in [3.05, 3.63) is 131 Å². The maximum atomic E-state index is 11.8. The Hall–Kier alpha value is -5.10. The van der Waals surface area contributed by atoms with Gasteiger partial charge in [-0.05, 0) is 140 Å². The number of benzene rings is 4. The Kier molecular flexibility index (Phi) is 12.9. The van der Waals surface area contributed by atoms with Crippen LogP contribution in [0.2, 0.25) is 0 Å². The largest absolute Gasteiger partial charge is 0.380 e. The summed E-state index contributed by atoms with van der Waals surface area (Å²) in [4.78, 5) is 27.4. The van der Waals surface area contributed by atoms with E-state index in [1.807, 2.05) is 46.2 Å². The van der Waals surface area contributed by atoms with E-state index in [1.54, 1.807) is 13.8 Å². The van der Waals surface area contributed by atoms with Crippen LogP contribution in [0.1, 0.15) is 144 Å². The Morgan fingerprint density at radius 2 is 1.03 bits per heavy atom. The van der Waals surface area contributed by atoms with Gasteiger partial charge in [-0.3, -0.25) is 9.59 Å². The molecule has 6 nitrogen and oxygen atoms in total. The monoisotopic (exact) mass is 781 g/mol. The van der Waals surface area contributed by atoms with E-state index in [0.717, 1.165) is 23.4 Å². The van der Waals surface area contributed by atoms with Crippen molar-refractivity contribution in [3.63, 3.8) is 0 Å². The number of carbonyl (C=O) groups is 2. The molecule has 8 rings (SSSR count). The Morgan fingerprint density at radius 3 is 1.66 bits per heavy atom. The Bertz CT molecular complexity index is 2190. The third-order valence-corrected chi connectivity index (χ3v) is 11.6. The lowest BCUT2D eigenvalue weighted by atomic mass is 9.80. The quantitative estimate of drug-likeness (QED) is 0.187. The van der Waals surface area contributed by atoms with Gasteiger partial charge in [-0.2, -0.15) is 0 Å². The Balaban J connectivity index is 0.000000148. The zero-order chi connectivity index (χ0) is 42.8. The van der Waals surface area contributed by atoms with E-state index in [0.29, 0.717) is 11.8 Å². The first kappa shape index (κ1) is 44.0. The highest BCUT2D eigenvalue weighted by Crippen LogP contribution is 2.43. The van der Waals surface area contributed by atoms with Crippen molar-refractivity contribution in [1.82, 2.24) is 0 Å². The number of hydrogen-bond acceptors (Lipinski definition) is 4. The van der Waals surface area contributed by atoms with E-state index in [1.165, 1.54) is 45.6 Å². The average molecular weight is 781 g/mol. The molecule has 0 radical (unpaired) electrons. The first-order valence-electron chi connectivity index (χ1n) is 21.0. The van der Waals surface area contributed by atoms with Crippen molar-refractivity contribution < 1.29 is 9.59 Å². The van der Waals surface area contributed by atoms with Gasteiger partial charge >= 0.3 is 0 Å². The fraction of sp³-hybridized carbons (Fsp3) is 0.423. The molecule has 4 aliphatic rings. The highest BCUT2D eigenvalue weighted by atomic mass is 16.2. The van der Waals surface area contributed by atoms with Gasteiger partial charge in [0.25, 0.3) is 0 Å². The summed E-state index contributed by atoms with van der Waals surface area (Å²) in [7, 11) is 0. The molecule has 0 saturated heterocycles. The molecule has 0 fully saturated rings. The van der Waals surface area contributed by atoms with Crippen LogP contribution in [-0.2, 0) is 9.59 Å². The number of carbonyl (C=O) groups excluding carboxylic acids is 2. The van der Waals surface area contributed by atoms with Gasteiger partial charge in [-0.15, -0.1) is 0 Å². The molecule has 2 atom stereocenters. The summed E-state index contributed by atoms with van der Waals surface area (Å²) in [5.41, 5.74) is 12.5. The van der Waals surface area contributed by atoms with Crippen LogP contribution >= 0.6 is 0 Å². The van der Waals surface area contributed by atoms with Crippen LogP contribution in [0.15, 0.2) is 109 Å². The predicted molar refractivity (Wildman–Crippen MR) is 249 cm³/mol. The van der Waals surface area contributed by atoms with E-state index in [9.17, 15) is 9.59 Å². The minimum Gasteiger partial charge on any atom is -0.380 e. The van der Waals surface area contributed by atoms with Crippen molar-refractivity contribution in [1.29, 1.82) is 0 Å². The molecule has 0 aliphatic carbocycles. The van der Waals surface area contributed by atoms with Gasteiger partial charge in [-0.1, -0.05) is 98.8 Å². The molecule has 6 heteroatoms. The number of allylic oxidation sites excluding steroid dienone is 2. The second-order valence-electron chi connectivity index (χ2n) is 19.1. The zero-order valence-electron chi connectivity index (χ0n) is 37.7. The SMILES string of the molecule is CC(=O)N1c2ccccc2C(C)=CC1(C)C.CC(=O)N1c2ccccc2C(C)CC1(C)C.CC1=CC(C)(C)Nc2ccccc21.CC1CC(C)(C)Nc2ccccc21. The average Bonchev–Trinajstić information content (AvgIpc) is 3.10. The van der Waals surface area contributed by atoms with Crippen LogP contribution in [0.25, 0.3) is 11.1 Å². The molecular weight excluding hydrogens is 713 g/mol. The minimum atomic E-state index is -0.246.